The molecule has 144 valence electrons. The zero-order valence-corrected chi connectivity index (χ0v) is 17.5. The van der Waals surface area contributed by atoms with Crippen LogP contribution >= 0.6 is 11.3 Å². The molecule has 1 aromatic heterocycles. The summed E-state index contributed by atoms with van der Waals surface area (Å²) in [5, 5.41) is 3.56. The van der Waals surface area contributed by atoms with Gasteiger partial charge in [-0.1, -0.05) is 38.5 Å². The highest BCUT2D eigenvalue weighted by molar-refractivity contribution is 7.17. The first-order chi connectivity index (χ1) is 12.7. The molecule has 1 aliphatic rings. The minimum absolute atomic E-state index is 0.199. The van der Waals surface area contributed by atoms with Gasteiger partial charge in [0.2, 0.25) is 0 Å². The van der Waals surface area contributed by atoms with Crippen molar-refractivity contribution in [2.75, 3.05) is 12.4 Å². The average Bonchev–Trinajstić information content (AvgIpc) is 2.97. The Morgan fingerprint density at radius 2 is 2.00 bits per heavy atom. The number of nitrogens with one attached hydrogen (secondary N) is 1. The molecule has 4 nitrogen and oxygen atoms in total. The lowest BCUT2D eigenvalue weighted by Gasteiger charge is -2.33. The van der Waals surface area contributed by atoms with Crippen LogP contribution in [0.1, 0.15) is 63.9 Å². The predicted molar refractivity (Wildman–Crippen MR) is 110 cm³/mol. The highest BCUT2D eigenvalue weighted by atomic mass is 32.1. The summed E-state index contributed by atoms with van der Waals surface area (Å²) in [7, 11) is 1.39. The van der Waals surface area contributed by atoms with Crippen molar-refractivity contribution in [3.05, 3.63) is 51.4 Å². The van der Waals surface area contributed by atoms with Gasteiger partial charge in [-0.05, 0) is 55.2 Å². The largest absolute Gasteiger partial charge is 0.465 e. The lowest BCUT2D eigenvalue weighted by molar-refractivity contribution is 0.0600. The second kappa shape index (κ2) is 7.47. The van der Waals surface area contributed by atoms with Crippen molar-refractivity contribution in [3.63, 3.8) is 0 Å². The Hall–Kier alpha value is -2.14. The Morgan fingerprint density at radius 1 is 1.26 bits per heavy atom. The average molecular weight is 386 g/mol. The van der Waals surface area contributed by atoms with Crippen LogP contribution in [-0.4, -0.2) is 19.0 Å². The van der Waals surface area contributed by atoms with Gasteiger partial charge >= 0.3 is 5.97 Å². The third-order valence-corrected chi connectivity index (χ3v) is 6.56. The standard InChI is InChI=1S/C22H27NO3S/c1-13-7-6-8-14(11-13)19(24)23-20-18(21(25)26-5)16-10-9-15(22(2,3)4)12-17(16)27-20/h6-8,11,15H,9-10,12H2,1-5H3,(H,23,24)/t15-/m1/s1. The molecule has 0 saturated carbocycles. The maximum absolute atomic E-state index is 12.7. The van der Waals surface area contributed by atoms with Crippen LogP contribution in [0.2, 0.25) is 0 Å². The number of methoxy groups -OCH3 is 1. The minimum atomic E-state index is -0.374. The number of aryl methyl sites for hydroxylation is 1. The SMILES string of the molecule is COC(=O)c1c(NC(=O)c2cccc(C)c2)sc2c1CC[C@@H](C(C)(C)C)C2. The number of ether oxygens (including phenoxy) is 1. The summed E-state index contributed by atoms with van der Waals surface area (Å²) in [6.45, 7) is 8.74. The molecular formula is C22H27NO3S. The van der Waals surface area contributed by atoms with E-state index in [-0.39, 0.29) is 17.3 Å². The normalized spacial score (nSPS) is 16.6. The number of hydrogen-bond donors (Lipinski definition) is 1. The van der Waals surface area contributed by atoms with E-state index >= 15 is 0 Å². The first-order valence-corrected chi connectivity index (χ1v) is 10.1. The van der Waals surface area contributed by atoms with Crippen molar-refractivity contribution >= 4 is 28.2 Å². The summed E-state index contributed by atoms with van der Waals surface area (Å²) in [6.07, 6.45) is 2.83. The third-order valence-electron chi connectivity index (χ3n) is 5.39. The maximum atomic E-state index is 12.7. The fourth-order valence-corrected chi connectivity index (χ4v) is 5.00. The van der Waals surface area contributed by atoms with Crippen LogP contribution < -0.4 is 5.32 Å². The van der Waals surface area contributed by atoms with Gasteiger partial charge in [-0.2, -0.15) is 0 Å². The lowest BCUT2D eigenvalue weighted by Crippen LogP contribution is -2.26. The number of amides is 1. The molecule has 5 heteroatoms. The monoisotopic (exact) mass is 385 g/mol. The van der Waals surface area contributed by atoms with Crippen LogP contribution in [0.4, 0.5) is 5.00 Å². The van der Waals surface area contributed by atoms with Crippen molar-refractivity contribution < 1.29 is 14.3 Å². The fourth-order valence-electron chi connectivity index (χ4n) is 3.69. The van der Waals surface area contributed by atoms with Crippen molar-refractivity contribution in [2.24, 2.45) is 11.3 Å². The lowest BCUT2D eigenvalue weighted by atomic mass is 9.72. The molecule has 27 heavy (non-hydrogen) atoms. The number of carbonyl (C=O) groups excluding carboxylic acids is 2. The molecule has 0 unspecified atom stereocenters. The Labute approximate surface area is 164 Å². The highest BCUT2D eigenvalue weighted by Gasteiger charge is 2.34. The number of hydrogen-bond acceptors (Lipinski definition) is 4. The summed E-state index contributed by atoms with van der Waals surface area (Å²) < 4.78 is 5.02. The molecule has 1 aliphatic carbocycles. The molecule has 0 saturated heterocycles. The predicted octanol–water partition coefficient (Wildman–Crippen LogP) is 5.25. The fraction of sp³-hybridized carbons (Fsp3) is 0.455. The molecule has 3 rings (SSSR count). The molecule has 0 bridgehead atoms. The van der Waals surface area contributed by atoms with Gasteiger partial charge in [0.25, 0.3) is 5.91 Å². The minimum Gasteiger partial charge on any atom is -0.465 e. The van der Waals surface area contributed by atoms with Crippen LogP contribution in [0.3, 0.4) is 0 Å². The van der Waals surface area contributed by atoms with Gasteiger partial charge in [-0.25, -0.2) is 4.79 Å². The highest BCUT2D eigenvalue weighted by Crippen LogP contribution is 2.44. The summed E-state index contributed by atoms with van der Waals surface area (Å²) in [4.78, 5) is 26.4. The molecule has 0 aliphatic heterocycles. The molecule has 1 atom stereocenters. The number of rotatable bonds is 3. The molecule has 1 aromatic carbocycles. The van der Waals surface area contributed by atoms with Gasteiger partial charge in [0.15, 0.2) is 0 Å². The number of thiophene rings is 1. The number of anilines is 1. The summed E-state index contributed by atoms with van der Waals surface area (Å²) in [6, 6.07) is 7.44. The van der Waals surface area contributed by atoms with Crippen LogP contribution in [0, 0.1) is 18.3 Å². The molecule has 2 aromatic rings. The van der Waals surface area contributed by atoms with Gasteiger partial charge in [-0.15, -0.1) is 11.3 Å². The molecule has 0 fully saturated rings. The van der Waals surface area contributed by atoms with Gasteiger partial charge in [0.1, 0.15) is 5.00 Å². The number of benzene rings is 1. The van der Waals surface area contributed by atoms with E-state index in [0.717, 1.165) is 30.4 Å². The molecular weight excluding hydrogens is 358 g/mol. The first-order valence-electron chi connectivity index (χ1n) is 9.31. The molecule has 1 amide bonds. The smallest absolute Gasteiger partial charge is 0.341 e. The van der Waals surface area contributed by atoms with Crippen LogP contribution in [0.15, 0.2) is 24.3 Å². The van der Waals surface area contributed by atoms with E-state index in [2.05, 4.69) is 26.1 Å². The van der Waals surface area contributed by atoms with E-state index in [9.17, 15) is 9.59 Å². The van der Waals surface area contributed by atoms with Crippen molar-refractivity contribution in [1.82, 2.24) is 0 Å². The zero-order valence-electron chi connectivity index (χ0n) is 16.6. The van der Waals surface area contributed by atoms with Crippen molar-refractivity contribution in [1.29, 1.82) is 0 Å². The Balaban J connectivity index is 1.94. The topological polar surface area (TPSA) is 55.4 Å². The van der Waals surface area contributed by atoms with Crippen LogP contribution in [-0.2, 0) is 17.6 Å². The first kappa shape index (κ1) is 19.6. The number of carbonyl (C=O) groups is 2. The van der Waals surface area contributed by atoms with Gasteiger partial charge in [0, 0.05) is 10.4 Å². The molecule has 1 N–H and O–H groups in total. The Bertz CT molecular complexity index is 876. The summed E-state index contributed by atoms with van der Waals surface area (Å²) in [5.74, 6) is -0.00876. The van der Waals surface area contributed by atoms with Crippen molar-refractivity contribution in [2.45, 2.75) is 47.0 Å². The van der Waals surface area contributed by atoms with E-state index in [1.807, 2.05) is 25.1 Å². The third kappa shape index (κ3) is 4.08. The Kier molecular flexibility index (Phi) is 5.43. The second-order valence-electron chi connectivity index (χ2n) is 8.33. The van der Waals surface area contributed by atoms with E-state index in [4.69, 9.17) is 4.74 Å². The van der Waals surface area contributed by atoms with E-state index < -0.39 is 0 Å². The summed E-state index contributed by atoms with van der Waals surface area (Å²) >= 11 is 1.52. The Morgan fingerprint density at radius 3 is 2.63 bits per heavy atom. The van der Waals surface area contributed by atoms with Gasteiger partial charge < -0.3 is 10.1 Å². The molecule has 0 radical (unpaired) electrons. The number of esters is 1. The maximum Gasteiger partial charge on any atom is 0.341 e. The molecule has 0 spiro atoms. The van der Waals surface area contributed by atoms with E-state index in [0.29, 0.717) is 22.0 Å². The quantitative estimate of drug-likeness (QED) is 0.735. The van der Waals surface area contributed by atoms with E-state index in [1.54, 1.807) is 6.07 Å². The second-order valence-corrected chi connectivity index (χ2v) is 9.43. The van der Waals surface area contributed by atoms with Crippen LogP contribution in [0.5, 0.6) is 0 Å². The summed E-state index contributed by atoms with van der Waals surface area (Å²) in [5.41, 5.74) is 3.41. The van der Waals surface area contributed by atoms with Crippen LogP contribution in [0.25, 0.3) is 0 Å². The van der Waals surface area contributed by atoms with Gasteiger partial charge in [0.05, 0.1) is 12.7 Å². The van der Waals surface area contributed by atoms with Gasteiger partial charge in [-0.3, -0.25) is 4.79 Å². The molecule has 1 heterocycles. The van der Waals surface area contributed by atoms with E-state index in [1.165, 1.54) is 23.3 Å². The zero-order chi connectivity index (χ0) is 19.8. The van der Waals surface area contributed by atoms with Crippen molar-refractivity contribution in [3.8, 4) is 0 Å². The number of fused-ring (bicyclic) bond motifs is 1.